The first-order chi connectivity index (χ1) is 14.1. The molecule has 0 saturated carbocycles. The summed E-state index contributed by atoms with van der Waals surface area (Å²) >= 11 is 1.41. The van der Waals surface area contributed by atoms with E-state index >= 15 is 0 Å². The zero-order chi connectivity index (χ0) is 20.6. The summed E-state index contributed by atoms with van der Waals surface area (Å²) in [7, 11) is 0. The summed E-state index contributed by atoms with van der Waals surface area (Å²) in [5.41, 5.74) is 2.44. The molecule has 0 radical (unpaired) electrons. The van der Waals surface area contributed by atoms with Gasteiger partial charge in [0, 0.05) is 23.7 Å². The van der Waals surface area contributed by atoms with E-state index < -0.39 is 0 Å². The van der Waals surface area contributed by atoms with Crippen molar-refractivity contribution in [1.82, 2.24) is 4.90 Å². The van der Waals surface area contributed by atoms with Crippen LogP contribution in [0.2, 0.25) is 0 Å². The highest BCUT2D eigenvalue weighted by molar-refractivity contribution is 8.00. The van der Waals surface area contributed by atoms with E-state index in [1.807, 2.05) is 48.2 Å². The molecule has 1 aliphatic heterocycles. The molecule has 0 atom stereocenters. The Kier molecular flexibility index (Phi) is 7.31. The highest BCUT2D eigenvalue weighted by atomic mass is 32.2. The molecule has 0 aromatic heterocycles. The van der Waals surface area contributed by atoms with E-state index in [0.29, 0.717) is 5.56 Å². The summed E-state index contributed by atoms with van der Waals surface area (Å²) in [4.78, 5) is 30.2. The van der Waals surface area contributed by atoms with Crippen molar-refractivity contribution in [1.29, 1.82) is 5.26 Å². The lowest BCUT2D eigenvalue weighted by atomic mass is 10.1. The SMILES string of the molecule is Cc1ccc(N(CC(=O)N2CCCCC2)C(=O)CSc2ccc(C#N)cc2)cc1. The van der Waals surface area contributed by atoms with Crippen LogP contribution >= 0.6 is 11.8 Å². The molecule has 0 unspecified atom stereocenters. The molecule has 6 heteroatoms. The number of piperidine rings is 1. The van der Waals surface area contributed by atoms with Crippen LogP contribution in [-0.2, 0) is 9.59 Å². The second-order valence-electron chi connectivity index (χ2n) is 7.18. The monoisotopic (exact) mass is 407 g/mol. The molecule has 5 nitrogen and oxygen atoms in total. The summed E-state index contributed by atoms with van der Waals surface area (Å²) in [6.07, 6.45) is 3.21. The van der Waals surface area contributed by atoms with E-state index in [4.69, 9.17) is 5.26 Å². The van der Waals surface area contributed by atoms with Crippen molar-refractivity contribution >= 4 is 29.3 Å². The normalized spacial score (nSPS) is 13.6. The summed E-state index contributed by atoms with van der Waals surface area (Å²) in [6.45, 7) is 3.61. The van der Waals surface area contributed by atoms with Gasteiger partial charge in [0.2, 0.25) is 11.8 Å². The van der Waals surface area contributed by atoms with Gasteiger partial charge in [0.1, 0.15) is 6.54 Å². The number of carbonyl (C=O) groups excluding carboxylic acids is 2. The number of anilines is 1. The number of benzene rings is 2. The zero-order valence-electron chi connectivity index (χ0n) is 16.6. The third-order valence-electron chi connectivity index (χ3n) is 4.99. The lowest BCUT2D eigenvalue weighted by Crippen LogP contribution is -2.45. The van der Waals surface area contributed by atoms with Crippen LogP contribution in [0.1, 0.15) is 30.4 Å². The average molecular weight is 408 g/mol. The zero-order valence-corrected chi connectivity index (χ0v) is 17.5. The minimum Gasteiger partial charge on any atom is -0.341 e. The predicted molar refractivity (Wildman–Crippen MR) is 116 cm³/mol. The molecule has 1 heterocycles. The number of carbonyl (C=O) groups is 2. The van der Waals surface area contributed by atoms with Crippen molar-refractivity contribution in [2.24, 2.45) is 0 Å². The first-order valence-corrected chi connectivity index (χ1v) is 10.8. The first kappa shape index (κ1) is 20.9. The van der Waals surface area contributed by atoms with Gasteiger partial charge in [-0.2, -0.15) is 5.26 Å². The maximum absolute atomic E-state index is 13.0. The molecule has 0 bridgehead atoms. The van der Waals surface area contributed by atoms with Gasteiger partial charge in [0.05, 0.1) is 17.4 Å². The molecular weight excluding hydrogens is 382 g/mol. The Morgan fingerprint density at radius 1 is 1.03 bits per heavy atom. The smallest absolute Gasteiger partial charge is 0.242 e. The second kappa shape index (κ2) is 10.1. The van der Waals surface area contributed by atoms with Crippen molar-refractivity contribution in [3.63, 3.8) is 0 Å². The van der Waals surface area contributed by atoms with Gasteiger partial charge in [-0.3, -0.25) is 9.59 Å². The van der Waals surface area contributed by atoms with Crippen LogP contribution < -0.4 is 4.90 Å². The molecule has 29 heavy (non-hydrogen) atoms. The molecule has 1 aliphatic rings. The van der Waals surface area contributed by atoms with Gasteiger partial charge in [0.25, 0.3) is 0 Å². The van der Waals surface area contributed by atoms with Crippen molar-refractivity contribution in [3.05, 3.63) is 59.7 Å². The molecule has 0 spiro atoms. The van der Waals surface area contributed by atoms with E-state index in [1.165, 1.54) is 11.8 Å². The Bertz CT molecular complexity index is 882. The van der Waals surface area contributed by atoms with Gasteiger partial charge in [-0.05, 0) is 62.6 Å². The Hall–Kier alpha value is -2.78. The number of hydrogen-bond donors (Lipinski definition) is 0. The Balaban J connectivity index is 1.70. The minimum absolute atomic E-state index is 0.00185. The van der Waals surface area contributed by atoms with Crippen molar-refractivity contribution < 1.29 is 9.59 Å². The fourth-order valence-electron chi connectivity index (χ4n) is 3.28. The molecule has 2 aromatic rings. The Morgan fingerprint density at radius 2 is 1.69 bits per heavy atom. The quantitative estimate of drug-likeness (QED) is 0.679. The third kappa shape index (κ3) is 5.85. The summed E-state index contributed by atoms with van der Waals surface area (Å²) in [6, 6.07) is 16.9. The number of nitrogens with zero attached hydrogens (tertiary/aromatic N) is 3. The first-order valence-electron chi connectivity index (χ1n) is 9.84. The Morgan fingerprint density at radius 3 is 2.31 bits per heavy atom. The van der Waals surface area contributed by atoms with E-state index in [2.05, 4.69) is 6.07 Å². The van der Waals surface area contributed by atoms with E-state index in [1.54, 1.807) is 17.0 Å². The summed E-state index contributed by atoms with van der Waals surface area (Å²) < 4.78 is 0. The van der Waals surface area contributed by atoms with Crippen LogP contribution in [0.25, 0.3) is 0 Å². The highest BCUT2D eigenvalue weighted by Crippen LogP contribution is 2.22. The van der Waals surface area contributed by atoms with E-state index in [0.717, 1.165) is 48.5 Å². The number of hydrogen-bond acceptors (Lipinski definition) is 4. The van der Waals surface area contributed by atoms with Crippen LogP contribution in [0.15, 0.2) is 53.4 Å². The fraction of sp³-hybridized carbons (Fsp3) is 0.348. The topological polar surface area (TPSA) is 64.4 Å². The minimum atomic E-state index is -0.103. The van der Waals surface area contributed by atoms with Crippen molar-refractivity contribution in [2.75, 3.05) is 30.3 Å². The lowest BCUT2D eigenvalue weighted by molar-refractivity contribution is -0.131. The number of aryl methyl sites for hydroxylation is 1. The number of amides is 2. The van der Waals surface area contributed by atoms with Crippen LogP contribution in [0, 0.1) is 18.3 Å². The van der Waals surface area contributed by atoms with Gasteiger partial charge in [0.15, 0.2) is 0 Å². The average Bonchev–Trinajstić information content (AvgIpc) is 2.77. The van der Waals surface area contributed by atoms with Crippen LogP contribution in [0.5, 0.6) is 0 Å². The van der Waals surface area contributed by atoms with Gasteiger partial charge in [-0.15, -0.1) is 11.8 Å². The van der Waals surface area contributed by atoms with Crippen LogP contribution in [0.4, 0.5) is 5.69 Å². The van der Waals surface area contributed by atoms with Gasteiger partial charge in [-0.25, -0.2) is 0 Å². The second-order valence-corrected chi connectivity index (χ2v) is 8.23. The molecule has 1 fully saturated rings. The number of thioether (sulfide) groups is 1. The maximum Gasteiger partial charge on any atom is 0.242 e. The van der Waals surface area contributed by atoms with Crippen molar-refractivity contribution in [2.45, 2.75) is 31.1 Å². The van der Waals surface area contributed by atoms with E-state index in [9.17, 15) is 9.59 Å². The van der Waals surface area contributed by atoms with Crippen LogP contribution in [-0.4, -0.2) is 42.1 Å². The summed E-state index contributed by atoms with van der Waals surface area (Å²) in [5, 5.41) is 8.90. The molecule has 1 saturated heterocycles. The van der Waals surface area contributed by atoms with Gasteiger partial charge in [-0.1, -0.05) is 17.7 Å². The molecule has 0 aliphatic carbocycles. The Labute approximate surface area is 176 Å². The number of nitriles is 1. The number of rotatable bonds is 6. The predicted octanol–water partition coefficient (Wildman–Crippen LogP) is 4.00. The molecule has 0 N–H and O–H groups in total. The summed E-state index contributed by atoms with van der Waals surface area (Å²) in [5.74, 6) is 0.128. The van der Waals surface area contributed by atoms with Crippen molar-refractivity contribution in [3.8, 4) is 6.07 Å². The third-order valence-corrected chi connectivity index (χ3v) is 5.99. The van der Waals surface area contributed by atoms with Gasteiger partial charge >= 0.3 is 0 Å². The largest absolute Gasteiger partial charge is 0.341 e. The number of likely N-dealkylation sites (tertiary alicyclic amines) is 1. The molecule has 2 amide bonds. The fourth-order valence-corrected chi connectivity index (χ4v) is 4.05. The van der Waals surface area contributed by atoms with Gasteiger partial charge < -0.3 is 9.80 Å². The maximum atomic E-state index is 13.0. The molecule has 3 rings (SSSR count). The molecule has 150 valence electrons. The highest BCUT2D eigenvalue weighted by Gasteiger charge is 2.23. The molecular formula is C23H25N3O2S. The molecule has 2 aromatic carbocycles. The van der Waals surface area contributed by atoms with Crippen LogP contribution in [0.3, 0.4) is 0 Å². The van der Waals surface area contributed by atoms with E-state index in [-0.39, 0.29) is 24.1 Å². The lowest BCUT2D eigenvalue weighted by Gasteiger charge is -2.30. The standard InChI is InChI=1S/C23H25N3O2S/c1-18-5-9-20(10-6-18)26(16-22(27)25-13-3-2-4-14-25)23(28)17-29-21-11-7-19(15-24)8-12-21/h5-12H,2-4,13-14,16-17H2,1H3.